The summed E-state index contributed by atoms with van der Waals surface area (Å²) in [5.74, 6) is 1.42. The Morgan fingerprint density at radius 3 is 3.17 bits per heavy atom. The Bertz CT molecular complexity index is 388. The minimum atomic E-state index is 0.692. The Morgan fingerprint density at radius 1 is 1.56 bits per heavy atom. The zero-order valence-electron chi connectivity index (χ0n) is 11.0. The van der Waals surface area contributed by atoms with E-state index in [4.69, 9.17) is 5.73 Å². The SMILES string of the molecule is CC1CCCN(C(N)=NCCc2ccccn2)C1. The number of rotatable bonds is 3. The van der Waals surface area contributed by atoms with Crippen LogP contribution in [-0.4, -0.2) is 35.5 Å². The van der Waals surface area contributed by atoms with Crippen LogP contribution in [0.15, 0.2) is 29.4 Å². The fourth-order valence-electron chi connectivity index (χ4n) is 2.33. The number of hydrogen-bond acceptors (Lipinski definition) is 2. The van der Waals surface area contributed by atoms with E-state index in [1.165, 1.54) is 12.8 Å². The minimum absolute atomic E-state index is 0.692. The topological polar surface area (TPSA) is 54.5 Å². The van der Waals surface area contributed by atoms with Gasteiger partial charge in [0.1, 0.15) is 0 Å². The van der Waals surface area contributed by atoms with Gasteiger partial charge in [0.05, 0.1) is 0 Å². The summed E-state index contributed by atoms with van der Waals surface area (Å²) in [6, 6.07) is 5.95. The lowest BCUT2D eigenvalue weighted by molar-refractivity contribution is 0.270. The van der Waals surface area contributed by atoms with Crippen LogP contribution in [0.25, 0.3) is 0 Å². The van der Waals surface area contributed by atoms with Crippen molar-refractivity contribution in [2.24, 2.45) is 16.6 Å². The second-order valence-electron chi connectivity index (χ2n) is 5.00. The van der Waals surface area contributed by atoms with Crippen LogP contribution in [0.3, 0.4) is 0 Å². The molecule has 0 saturated carbocycles. The van der Waals surface area contributed by atoms with Crippen molar-refractivity contribution < 1.29 is 0 Å². The Morgan fingerprint density at radius 2 is 2.44 bits per heavy atom. The zero-order valence-corrected chi connectivity index (χ0v) is 11.0. The molecule has 2 N–H and O–H groups in total. The standard InChI is InChI=1S/C14H22N4/c1-12-5-4-10-18(11-12)14(15)17-9-7-13-6-2-3-8-16-13/h2-3,6,8,12H,4-5,7,9-11H2,1H3,(H2,15,17). The fraction of sp³-hybridized carbons (Fsp3) is 0.571. The van der Waals surface area contributed by atoms with Crippen LogP contribution >= 0.6 is 0 Å². The van der Waals surface area contributed by atoms with E-state index in [0.717, 1.165) is 31.1 Å². The number of guanidine groups is 1. The molecule has 2 heterocycles. The normalized spacial score (nSPS) is 21.1. The van der Waals surface area contributed by atoms with Gasteiger partial charge in [0, 0.05) is 37.9 Å². The van der Waals surface area contributed by atoms with Gasteiger partial charge in [-0.3, -0.25) is 9.98 Å². The van der Waals surface area contributed by atoms with Crippen LogP contribution in [0, 0.1) is 5.92 Å². The molecule has 1 aliphatic heterocycles. The summed E-state index contributed by atoms with van der Waals surface area (Å²) in [6.07, 6.45) is 5.19. The number of aromatic nitrogens is 1. The monoisotopic (exact) mass is 246 g/mol. The molecule has 0 spiro atoms. The molecule has 4 heteroatoms. The molecule has 1 unspecified atom stereocenters. The lowest BCUT2D eigenvalue weighted by Gasteiger charge is -2.31. The van der Waals surface area contributed by atoms with Gasteiger partial charge in [0.25, 0.3) is 0 Å². The Labute approximate surface area is 109 Å². The van der Waals surface area contributed by atoms with E-state index in [1.807, 2.05) is 24.4 Å². The summed E-state index contributed by atoms with van der Waals surface area (Å²) in [7, 11) is 0. The molecule has 1 aromatic heterocycles. The van der Waals surface area contributed by atoms with Crippen molar-refractivity contribution in [3.8, 4) is 0 Å². The maximum atomic E-state index is 6.03. The van der Waals surface area contributed by atoms with Gasteiger partial charge in [-0.05, 0) is 30.9 Å². The van der Waals surface area contributed by atoms with Gasteiger partial charge < -0.3 is 10.6 Å². The van der Waals surface area contributed by atoms with Crippen LogP contribution in [0.4, 0.5) is 0 Å². The summed E-state index contributed by atoms with van der Waals surface area (Å²) in [5, 5.41) is 0. The summed E-state index contributed by atoms with van der Waals surface area (Å²) in [4.78, 5) is 10.9. The van der Waals surface area contributed by atoms with Gasteiger partial charge in [-0.2, -0.15) is 0 Å². The van der Waals surface area contributed by atoms with Gasteiger partial charge in [-0.15, -0.1) is 0 Å². The summed E-state index contributed by atoms with van der Waals surface area (Å²) < 4.78 is 0. The van der Waals surface area contributed by atoms with Gasteiger partial charge in [-0.25, -0.2) is 0 Å². The first-order chi connectivity index (χ1) is 8.75. The average molecular weight is 246 g/mol. The van der Waals surface area contributed by atoms with E-state index in [1.54, 1.807) is 0 Å². The van der Waals surface area contributed by atoms with Crippen LogP contribution in [0.5, 0.6) is 0 Å². The largest absolute Gasteiger partial charge is 0.370 e. The van der Waals surface area contributed by atoms with Gasteiger partial charge in [-0.1, -0.05) is 13.0 Å². The third-order valence-corrected chi connectivity index (χ3v) is 3.35. The van der Waals surface area contributed by atoms with Crippen LogP contribution in [0.1, 0.15) is 25.5 Å². The summed E-state index contributed by atoms with van der Waals surface area (Å²) in [6.45, 7) is 5.07. The highest BCUT2D eigenvalue weighted by Crippen LogP contribution is 2.14. The van der Waals surface area contributed by atoms with Crippen molar-refractivity contribution in [2.45, 2.75) is 26.2 Å². The van der Waals surface area contributed by atoms with Gasteiger partial charge in [0.2, 0.25) is 0 Å². The second-order valence-corrected chi connectivity index (χ2v) is 5.00. The molecule has 4 nitrogen and oxygen atoms in total. The number of hydrogen-bond donors (Lipinski definition) is 1. The molecule has 98 valence electrons. The molecule has 1 aromatic rings. The molecule has 18 heavy (non-hydrogen) atoms. The van der Waals surface area contributed by atoms with Gasteiger partial charge in [0.15, 0.2) is 5.96 Å². The molecule has 1 saturated heterocycles. The highest BCUT2D eigenvalue weighted by atomic mass is 15.3. The molecular weight excluding hydrogens is 224 g/mol. The lowest BCUT2D eigenvalue weighted by Crippen LogP contribution is -2.43. The van der Waals surface area contributed by atoms with Crippen LogP contribution < -0.4 is 5.73 Å². The van der Waals surface area contributed by atoms with Crippen LogP contribution in [-0.2, 0) is 6.42 Å². The highest BCUT2D eigenvalue weighted by molar-refractivity contribution is 5.78. The molecular formula is C14H22N4. The molecule has 0 aliphatic carbocycles. The molecule has 1 fully saturated rings. The van der Waals surface area contributed by atoms with Crippen LogP contribution in [0.2, 0.25) is 0 Å². The minimum Gasteiger partial charge on any atom is -0.370 e. The molecule has 0 radical (unpaired) electrons. The highest BCUT2D eigenvalue weighted by Gasteiger charge is 2.17. The number of aliphatic imine (C=N–C) groups is 1. The van der Waals surface area contributed by atoms with Crippen molar-refractivity contribution in [3.05, 3.63) is 30.1 Å². The third-order valence-electron chi connectivity index (χ3n) is 3.35. The van der Waals surface area contributed by atoms with E-state index in [-0.39, 0.29) is 0 Å². The predicted molar refractivity (Wildman–Crippen MR) is 74.4 cm³/mol. The first kappa shape index (κ1) is 12.9. The van der Waals surface area contributed by atoms with E-state index < -0.39 is 0 Å². The van der Waals surface area contributed by atoms with E-state index in [9.17, 15) is 0 Å². The lowest BCUT2D eigenvalue weighted by atomic mass is 10.0. The van der Waals surface area contributed by atoms with Gasteiger partial charge >= 0.3 is 0 Å². The Balaban J connectivity index is 1.81. The van der Waals surface area contributed by atoms with Crippen molar-refractivity contribution in [1.29, 1.82) is 0 Å². The molecule has 0 bridgehead atoms. The predicted octanol–water partition coefficient (Wildman–Crippen LogP) is 1.67. The Hall–Kier alpha value is -1.58. The smallest absolute Gasteiger partial charge is 0.191 e. The molecule has 1 aliphatic rings. The van der Waals surface area contributed by atoms with E-state index in [2.05, 4.69) is 21.8 Å². The number of piperidine rings is 1. The maximum Gasteiger partial charge on any atom is 0.191 e. The summed E-state index contributed by atoms with van der Waals surface area (Å²) in [5.41, 5.74) is 7.10. The first-order valence-corrected chi connectivity index (χ1v) is 6.70. The average Bonchev–Trinajstić information content (AvgIpc) is 2.40. The van der Waals surface area contributed by atoms with E-state index in [0.29, 0.717) is 12.5 Å². The Kier molecular flexibility index (Phi) is 4.56. The third kappa shape index (κ3) is 3.72. The van der Waals surface area contributed by atoms with E-state index >= 15 is 0 Å². The number of nitrogens with two attached hydrogens (primary N) is 1. The maximum absolute atomic E-state index is 6.03. The van der Waals surface area contributed by atoms with Crippen molar-refractivity contribution in [1.82, 2.24) is 9.88 Å². The summed E-state index contributed by atoms with van der Waals surface area (Å²) >= 11 is 0. The first-order valence-electron chi connectivity index (χ1n) is 6.70. The molecule has 0 amide bonds. The fourth-order valence-corrected chi connectivity index (χ4v) is 2.33. The zero-order chi connectivity index (χ0) is 12.8. The number of likely N-dealkylation sites (tertiary alicyclic amines) is 1. The molecule has 1 atom stereocenters. The molecule has 0 aromatic carbocycles. The second kappa shape index (κ2) is 6.38. The number of nitrogens with zero attached hydrogens (tertiary/aromatic N) is 3. The van der Waals surface area contributed by atoms with Crippen molar-refractivity contribution >= 4 is 5.96 Å². The number of pyridine rings is 1. The molecule has 2 rings (SSSR count). The quantitative estimate of drug-likeness (QED) is 0.652. The van der Waals surface area contributed by atoms with Crippen molar-refractivity contribution in [3.63, 3.8) is 0 Å². The van der Waals surface area contributed by atoms with Crippen molar-refractivity contribution in [2.75, 3.05) is 19.6 Å².